The second-order valence-electron chi connectivity index (χ2n) is 5.57. The summed E-state index contributed by atoms with van der Waals surface area (Å²) in [6.45, 7) is 3.93. The summed E-state index contributed by atoms with van der Waals surface area (Å²) in [5.41, 5.74) is 0.294. The minimum atomic E-state index is -0.487. The highest BCUT2D eigenvalue weighted by atomic mass is 35.5. The molecule has 0 saturated heterocycles. The molecule has 0 aliphatic heterocycles. The highest BCUT2D eigenvalue weighted by molar-refractivity contribution is 6.55. The summed E-state index contributed by atoms with van der Waals surface area (Å²) < 4.78 is 0.152. The molecule has 1 aliphatic carbocycles. The summed E-state index contributed by atoms with van der Waals surface area (Å²) in [6, 6.07) is 5.71. The van der Waals surface area contributed by atoms with E-state index in [0.717, 1.165) is 0 Å². The summed E-state index contributed by atoms with van der Waals surface area (Å²) in [5, 5.41) is 13.3. The fourth-order valence-electron chi connectivity index (χ4n) is 2.51. The third-order valence-corrected chi connectivity index (χ3v) is 4.10. The number of hydrogen-bond acceptors (Lipinski definition) is 3. The quantitative estimate of drug-likeness (QED) is 0.667. The van der Waals surface area contributed by atoms with Crippen molar-refractivity contribution in [2.24, 2.45) is 17.3 Å². The molecule has 1 aliphatic rings. The Morgan fingerprint density at radius 3 is 2.38 bits per heavy atom. The zero-order valence-corrected chi connectivity index (χ0v) is 13.0. The SMILES string of the molecule is CC1(C)[C@H](C(=O)Nc2ccc([N+](=O)[O-])cc2)[C@@H]1C=C(Cl)Cl. The molecule has 5 nitrogen and oxygen atoms in total. The Morgan fingerprint density at radius 1 is 1.33 bits per heavy atom. The Labute approximate surface area is 132 Å². The fourth-order valence-corrected chi connectivity index (χ4v) is 2.78. The van der Waals surface area contributed by atoms with Gasteiger partial charge in [0.15, 0.2) is 0 Å². The average Bonchev–Trinajstić information content (AvgIpc) is 2.90. The van der Waals surface area contributed by atoms with Crippen LogP contribution in [-0.4, -0.2) is 10.8 Å². The number of nitro benzene ring substituents is 1. The van der Waals surface area contributed by atoms with Crippen LogP contribution in [0.15, 0.2) is 34.8 Å². The minimum Gasteiger partial charge on any atom is -0.326 e. The third kappa shape index (κ3) is 3.36. The van der Waals surface area contributed by atoms with Crippen LogP contribution in [0.4, 0.5) is 11.4 Å². The van der Waals surface area contributed by atoms with Gasteiger partial charge in [0.1, 0.15) is 4.49 Å². The van der Waals surface area contributed by atoms with Crippen molar-refractivity contribution in [1.82, 2.24) is 0 Å². The normalized spacial score (nSPS) is 22.3. The summed E-state index contributed by atoms with van der Waals surface area (Å²) in [4.78, 5) is 22.3. The van der Waals surface area contributed by atoms with E-state index >= 15 is 0 Å². The zero-order valence-electron chi connectivity index (χ0n) is 11.5. The van der Waals surface area contributed by atoms with Gasteiger partial charge >= 0.3 is 0 Å². The van der Waals surface area contributed by atoms with Crippen LogP contribution in [0.1, 0.15) is 13.8 Å². The van der Waals surface area contributed by atoms with Crippen LogP contribution in [0.25, 0.3) is 0 Å². The number of hydrogen-bond donors (Lipinski definition) is 1. The number of nitrogens with one attached hydrogen (secondary N) is 1. The van der Waals surface area contributed by atoms with Crippen LogP contribution in [0.3, 0.4) is 0 Å². The fraction of sp³-hybridized carbons (Fsp3) is 0.357. The third-order valence-electron chi connectivity index (χ3n) is 3.84. The van der Waals surface area contributed by atoms with E-state index in [4.69, 9.17) is 23.2 Å². The average molecular weight is 329 g/mol. The van der Waals surface area contributed by atoms with Gasteiger partial charge in [-0.1, -0.05) is 37.0 Å². The number of benzene rings is 1. The van der Waals surface area contributed by atoms with E-state index in [1.807, 2.05) is 13.8 Å². The number of carbonyl (C=O) groups excluding carboxylic acids is 1. The maximum absolute atomic E-state index is 12.2. The van der Waals surface area contributed by atoms with E-state index in [1.54, 1.807) is 6.08 Å². The lowest BCUT2D eigenvalue weighted by Gasteiger charge is -2.05. The first-order chi connectivity index (χ1) is 9.73. The minimum absolute atomic E-state index is 0.0134. The van der Waals surface area contributed by atoms with Crippen LogP contribution >= 0.6 is 23.2 Å². The molecule has 0 unspecified atom stereocenters. The second kappa shape index (κ2) is 5.66. The van der Waals surface area contributed by atoms with Gasteiger partial charge in [0.2, 0.25) is 5.91 Å². The van der Waals surface area contributed by atoms with Crippen LogP contribution in [-0.2, 0) is 4.79 Å². The summed E-state index contributed by atoms with van der Waals surface area (Å²) in [7, 11) is 0. The molecule has 0 bridgehead atoms. The van der Waals surface area contributed by atoms with E-state index in [-0.39, 0.29) is 33.3 Å². The van der Waals surface area contributed by atoms with Crippen molar-refractivity contribution in [3.8, 4) is 0 Å². The van der Waals surface area contributed by atoms with Crippen molar-refractivity contribution in [2.45, 2.75) is 13.8 Å². The van der Waals surface area contributed by atoms with E-state index in [9.17, 15) is 14.9 Å². The Balaban J connectivity index is 2.05. The van der Waals surface area contributed by atoms with Crippen molar-refractivity contribution in [3.05, 3.63) is 44.9 Å². The topological polar surface area (TPSA) is 72.2 Å². The number of carbonyl (C=O) groups is 1. The van der Waals surface area contributed by atoms with Gasteiger partial charge in [-0.05, 0) is 29.5 Å². The van der Waals surface area contributed by atoms with E-state index in [2.05, 4.69) is 5.32 Å². The maximum Gasteiger partial charge on any atom is 0.269 e. The predicted octanol–water partition coefficient (Wildman–Crippen LogP) is 4.12. The summed E-state index contributed by atoms with van der Waals surface area (Å²) in [5.74, 6) is -0.384. The zero-order chi connectivity index (χ0) is 15.8. The number of non-ortho nitro benzene ring substituents is 1. The Hall–Kier alpha value is -1.59. The molecular formula is C14H14Cl2N2O3. The van der Waals surface area contributed by atoms with Crippen LogP contribution in [0.2, 0.25) is 0 Å². The number of allylic oxidation sites excluding steroid dienone is 1. The molecule has 0 radical (unpaired) electrons. The van der Waals surface area contributed by atoms with Gasteiger partial charge in [0, 0.05) is 17.8 Å². The molecule has 2 rings (SSSR count). The Kier molecular flexibility index (Phi) is 4.25. The number of nitro groups is 1. The van der Waals surface area contributed by atoms with Gasteiger partial charge in [-0.2, -0.15) is 0 Å². The second-order valence-corrected chi connectivity index (χ2v) is 6.58. The standard InChI is InChI=1S/C14H14Cl2N2O3/c1-14(2)10(7-11(15)16)12(14)13(19)17-8-3-5-9(6-4-8)18(20)21/h3-7,10,12H,1-2H3,(H,17,19)/t10-,12-/m0/s1. The molecule has 0 spiro atoms. The highest BCUT2D eigenvalue weighted by Crippen LogP contribution is 2.60. The van der Waals surface area contributed by atoms with Gasteiger partial charge in [-0.15, -0.1) is 0 Å². The highest BCUT2D eigenvalue weighted by Gasteiger charge is 2.60. The van der Waals surface area contributed by atoms with Crippen molar-refractivity contribution in [2.75, 3.05) is 5.32 Å². The summed E-state index contributed by atoms with van der Waals surface area (Å²) >= 11 is 11.3. The number of anilines is 1. The first-order valence-corrected chi connectivity index (χ1v) is 7.07. The van der Waals surface area contributed by atoms with Gasteiger partial charge < -0.3 is 5.32 Å². The lowest BCUT2D eigenvalue weighted by Crippen LogP contribution is -2.16. The van der Waals surface area contributed by atoms with E-state index in [1.165, 1.54) is 24.3 Å². The number of nitrogens with zero attached hydrogens (tertiary/aromatic N) is 1. The smallest absolute Gasteiger partial charge is 0.269 e. The van der Waals surface area contributed by atoms with Gasteiger partial charge in [0.25, 0.3) is 5.69 Å². The molecule has 112 valence electrons. The van der Waals surface area contributed by atoms with Crippen LogP contribution in [0.5, 0.6) is 0 Å². The lowest BCUT2D eigenvalue weighted by atomic mass is 10.1. The molecule has 1 fully saturated rings. The van der Waals surface area contributed by atoms with Crippen molar-refractivity contribution < 1.29 is 9.72 Å². The molecule has 0 heterocycles. The van der Waals surface area contributed by atoms with Gasteiger partial charge in [0.05, 0.1) is 10.8 Å². The maximum atomic E-state index is 12.2. The predicted molar refractivity (Wildman–Crippen MR) is 82.3 cm³/mol. The number of rotatable bonds is 4. The Morgan fingerprint density at radius 2 is 1.90 bits per heavy atom. The van der Waals surface area contributed by atoms with Crippen LogP contribution < -0.4 is 5.32 Å². The first kappa shape index (κ1) is 15.8. The number of halogens is 2. The molecule has 2 atom stereocenters. The van der Waals surface area contributed by atoms with Gasteiger partial charge in [-0.25, -0.2) is 0 Å². The van der Waals surface area contributed by atoms with Gasteiger partial charge in [-0.3, -0.25) is 14.9 Å². The van der Waals surface area contributed by atoms with Crippen molar-refractivity contribution in [1.29, 1.82) is 0 Å². The monoisotopic (exact) mass is 328 g/mol. The van der Waals surface area contributed by atoms with Crippen molar-refractivity contribution >= 4 is 40.5 Å². The molecule has 1 N–H and O–H groups in total. The van der Waals surface area contributed by atoms with E-state index < -0.39 is 4.92 Å². The molecule has 1 saturated carbocycles. The first-order valence-electron chi connectivity index (χ1n) is 6.31. The molecule has 21 heavy (non-hydrogen) atoms. The molecule has 1 aromatic rings. The largest absolute Gasteiger partial charge is 0.326 e. The summed E-state index contributed by atoms with van der Waals surface area (Å²) in [6.07, 6.45) is 1.67. The molecule has 1 aromatic carbocycles. The van der Waals surface area contributed by atoms with Crippen LogP contribution in [0, 0.1) is 27.4 Å². The lowest BCUT2D eigenvalue weighted by molar-refractivity contribution is -0.384. The van der Waals surface area contributed by atoms with E-state index in [0.29, 0.717) is 5.69 Å². The molecule has 0 aromatic heterocycles. The molecule has 7 heteroatoms. The Bertz CT molecular complexity index is 607. The number of amides is 1. The molecule has 1 amide bonds. The van der Waals surface area contributed by atoms with Crippen molar-refractivity contribution in [3.63, 3.8) is 0 Å². The molecular weight excluding hydrogens is 315 g/mol.